The summed E-state index contributed by atoms with van der Waals surface area (Å²) in [6, 6.07) is 13.4. The highest BCUT2D eigenvalue weighted by Gasteiger charge is 2.41. The lowest BCUT2D eigenvalue weighted by Gasteiger charge is -2.43. The highest BCUT2D eigenvalue weighted by atomic mass is 35.5. The van der Waals surface area contributed by atoms with Crippen molar-refractivity contribution >= 4 is 23.2 Å². The van der Waals surface area contributed by atoms with Gasteiger partial charge in [0.05, 0.1) is 0 Å². The minimum Gasteiger partial charge on any atom is -0.0840 e. The van der Waals surface area contributed by atoms with Crippen molar-refractivity contribution < 1.29 is 0 Å². The van der Waals surface area contributed by atoms with E-state index in [1.165, 1.54) is 36.0 Å². The lowest BCUT2D eigenvalue weighted by atomic mass is 9.60. The van der Waals surface area contributed by atoms with E-state index >= 15 is 0 Å². The maximum atomic E-state index is 6.59. The second-order valence-electron chi connectivity index (χ2n) is 7.72. The van der Waals surface area contributed by atoms with Crippen LogP contribution in [-0.2, 0) is 5.41 Å². The average Bonchev–Trinajstić information content (AvgIpc) is 2.45. The Morgan fingerprint density at radius 1 is 0.792 bits per heavy atom. The molecular formula is C22H26Cl2. The molecule has 0 saturated heterocycles. The predicted molar refractivity (Wildman–Crippen MR) is 106 cm³/mol. The van der Waals surface area contributed by atoms with Crippen molar-refractivity contribution in [2.45, 2.75) is 64.2 Å². The molecule has 1 aliphatic carbocycles. The van der Waals surface area contributed by atoms with E-state index in [4.69, 9.17) is 23.2 Å². The summed E-state index contributed by atoms with van der Waals surface area (Å²) in [5, 5.41) is 1.61. The fourth-order valence-corrected chi connectivity index (χ4v) is 4.80. The second kappa shape index (κ2) is 6.73. The number of halogens is 2. The van der Waals surface area contributed by atoms with Crippen molar-refractivity contribution in [3.05, 3.63) is 68.7 Å². The smallest absolute Gasteiger partial charge is 0.0458 e. The van der Waals surface area contributed by atoms with E-state index in [2.05, 4.69) is 64.1 Å². The summed E-state index contributed by atoms with van der Waals surface area (Å²) >= 11 is 13.2. The van der Waals surface area contributed by atoms with Gasteiger partial charge in [0, 0.05) is 15.5 Å². The van der Waals surface area contributed by atoms with E-state index in [-0.39, 0.29) is 5.41 Å². The molecular weight excluding hydrogens is 335 g/mol. The Morgan fingerprint density at radius 2 is 1.33 bits per heavy atom. The third-order valence-corrected chi connectivity index (χ3v) is 6.17. The first-order valence-electron chi connectivity index (χ1n) is 8.95. The molecule has 0 heterocycles. The molecule has 0 aliphatic heterocycles. The fraction of sp³-hybridized carbons (Fsp3) is 0.455. The summed E-state index contributed by atoms with van der Waals surface area (Å²) < 4.78 is 0. The van der Waals surface area contributed by atoms with Crippen molar-refractivity contribution in [3.8, 4) is 0 Å². The molecule has 0 atom stereocenters. The van der Waals surface area contributed by atoms with Gasteiger partial charge in [0.2, 0.25) is 0 Å². The van der Waals surface area contributed by atoms with Crippen molar-refractivity contribution in [2.24, 2.45) is 0 Å². The molecule has 0 amide bonds. The van der Waals surface area contributed by atoms with Crippen molar-refractivity contribution in [3.63, 3.8) is 0 Å². The van der Waals surface area contributed by atoms with Crippen LogP contribution >= 0.6 is 23.2 Å². The molecule has 0 aromatic heterocycles. The molecule has 24 heavy (non-hydrogen) atoms. The number of hydrogen-bond donors (Lipinski definition) is 0. The maximum absolute atomic E-state index is 6.59. The number of rotatable bonds is 4. The standard InChI is InChI=1S/C22H26Cl2/c1-14(2)16-6-8-17(9-7-16)22(10-5-11-22)18-12-19(23)21(15(3)4)20(24)13-18/h6-9,12-15H,5,10-11H2,1-4H3. The zero-order valence-corrected chi connectivity index (χ0v) is 16.5. The lowest BCUT2D eigenvalue weighted by molar-refractivity contribution is 0.301. The van der Waals surface area contributed by atoms with Gasteiger partial charge in [0.25, 0.3) is 0 Å². The number of hydrogen-bond acceptors (Lipinski definition) is 0. The minimum absolute atomic E-state index is 0.0816. The summed E-state index contributed by atoms with van der Waals surface area (Å²) in [4.78, 5) is 0. The molecule has 0 spiro atoms. The zero-order chi connectivity index (χ0) is 17.5. The van der Waals surface area contributed by atoms with E-state index in [1.54, 1.807) is 0 Å². The summed E-state index contributed by atoms with van der Waals surface area (Å²) in [5.41, 5.74) is 5.19. The Balaban J connectivity index is 2.05. The highest BCUT2D eigenvalue weighted by Crippen LogP contribution is 2.51. The van der Waals surface area contributed by atoms with Gasteiger partial charge in [0.1, 0.15) is 0 Å². The molecule has 2 heteroatoms. The van der Waals surface area contributed by atoms with E-state index in [9.17, 15) is 0 Å². The molecule has 0 N–H and O–H groups in total. The first-order valence-corrected chi connectivity index (χ1v) is 9.70. The molecule has 1 saturated carbocycles. The van der Waals surface area contributed by atoms with Crippen LogP contribution in [0.25, 0.3) is 0 Å². The molecule has 128 valence electrons. The SMILES string of the molecule is CC(C)c1ccc(C2(c3cc(Cl)c(C(C)C)c(Cl)c3)CCC2)cc1. The second-order valence-corrected chi connectivity index (χ2v) is 8.54. The van der Waals surface area contributed by atoms with Gasteiger partial charge in [-0.2, -0.15) is 0 Å². The van der Waals surface area contributed by atoms with Crippen LogP contribution < -0.4 is 0 Å². The Morgan fingerprint density at radius 3 is 1.71 bits per heavy atom. The van der Waals surface area contributed by atoms with Crippen LogP contribution in [0, 0.1) is 0 Å². The molecule has 0 bridgehead atoms. The summed E-state index contributed by atoms with van der Waals surface area (Å²) in [6.45, 7) is 8.74. The normalized spacial score (nSPS) is 16.5. The minimum atomic E-state index is 0.0816. The van der Waals surface area contributed by atoms with Gasteiger partial charge in [0.15, 0.2) is 0 Å². The van der Waals surface area contributed by atoms with E-state index in [0.29, 0.717) is 11.8 Å². The van der Waals surface area contributed by atoms with Gasteiger partial charge in [-0.3, -0.25) is 0 Å². The largest absolute Gasteiger partial charge is 0.0840 e. The topological polar surface area (TPSA) is 0 Å². The summed E-state index contributed by atoms with van der Waals surface area (Å²) in [5.74, 6) is 0.896. The van der Waals surface area contributed by atoms with E-state index in [1.807, 2.05) is 0 Å². The quantitative estimate of drug-likeness (QED) is 0.523. The average molecular weight is 361 g/mol. The van der Waals surface area contributed by atoms with Crippen molar-refractivity contribution in [1.82, 2.24) is 0 Å². The van der Waals surface area contributed by atoms with Crippen LogP contribution in [0.2, 0.25) is 10.0 Å². The van der Waals surface area contributed by atoms with Gasteiger partial charge >= 0.3 is 0 Å². The van der Waals surface area contributed by atoms with Crippen molar-refractivity contribution in [2.75, 3.05) is 0 Å². The summed E-state index contributed by atoms with van der Waals surface area (Å²) in [6.07, 6.45) is 3.59. The lowest BCUT2D eigenvalue weighted by Crippen LogP contribution is -2.35. The van der Waals surface area contributed by atoms with Gasteiger partial charge in [-0.25, -0.2) is 0 Å². The highest BCUT2D eigenvalue weighted by molar-refractivity contribution is 6.36. The fourth-order valence-electron chi connectivity index (χ4n) is 3.87. The van der Waals surface area contributed by atoms with Gasteiger partial charge in [-0.1, -0.05) is 81.6 Å². The molecule has 0 unspecified atom stereocenters. The molecule has 2 aromatic rings. The Bertz CT molecular complexity index is 699. The monoisotopic (exact) mass is 360 g/mol. The number of benzene rings is 2. The molecule has 3 rings (SSSR count). The summed E-state index contributed by atoms with van der Waals surface area (Å²) in [7, 11) is 0. The molecule has 1 fully saturated rings. The van der Waals surface area contributed by atoms with Gasteiger partial charge in [-0.05, 0) is 59.1 Å². The first-order chi connectivity index (χ1) is 11.3. The van der Waals surface area contributed by atoms with Crippen LogP contribution in [0.15, 0.2) is 36.4 Å². The van der Waals surface area contributed by atoms with E-state index in [0.717, 1.165) is 15.6 Å². The third kappa shape index (κ3) is 3.00. The van der Waals surface area contributed by atoms with Gasteiger partial charge < -0.3 is 0 Å². The Kier molecular flexibility index (Phi) is 5.00. The Labute approximate surface area is 156 Å². The zero-order valence-electron chi connectivity index (χ0n) is 15.0. The molecule has 2 aromatic carbocycles. The maximum Gasteiger partial charge on any atom is 0.0458 e. The predicted octanol–water partition coefficient (Wildman–Crippen LogP) is 7.71. The molecule has 1 aliphatic rings. The van der Waals surface area contributed by atoms with Crippen LogP contribution in [0.3, 0.4) is 0 Å². The van der Waals surface area contributed by atoms with Crippen LogP contribution in [0.5, 0.6) is 0 Å². The van der Waals surface area contributed by atoms with Crippen LogP contribution in [-0.4, -0.2) is 0 Å². The Hall–Kier alpha value is -0.980. The first kappa shape index (κ1) is 17.8. The van der Waals surface area contributed by atoms with Crippen LogP contribution in [0.1, 0.15) is 81.0 Å². The molecule has 0 radical (unpaired) electrons. The van der Waals surface area contributed by atoms with E-state index < -0.39 is 0 Å². The van der Waals surface area contributed by atoms with Crippen molar-refractivity contribution in [1.29, 1.82) is 0 Å². The molecule has 0 nitrogen and oxygen atoms in total. The van der Waals surface area contributed by atoms with Crippen LogP contribution in [0.4, 0.5) is 0 Å². The van der Waals surface area contributed by atoms with Gasteiger partial charge in [-0.15, -0.1) is 0 Å². The third-order valence-electron chi connectivity index (χ3n) is 5.55.